The molecule has 1 aliphatic carbocycles. The lowest BCUT2D eigenvalue weighted by atomic mass is 9.94. The number of nitrogens with one attached hydrogen (secondary N) is 5. The van der Waals surface area contributed by atoms with Gasteiger partial charge in [-0.15, -0.1) is 23.4 Å². The second-order valence-electron chi connectivity index (χ2n) is 29.3. The van der Waals surface area contributed by atoms with Gasteiger partial charge in [-0.1, -0.05) is 27.8 Å². The molecule has 6 aromatic carbocycles. The molecule has 1 saturated carbocycles. The van der Waals surface area contributed by atoms with E-state index in [4.69, 9.17) is 28.4 Å². The number of carbonyl (C=O) groups excluding carboxylic acids is 3. The molecule has 3 saturated heterocycles. The molecule has 658 valence electrons. The summed E-state index contributed by atoms with van der Waals surface area (Å²) >= 11 is 0. The summed E-state index contributed by atoms with van der Waals surface area (Å²) in [7, 11) is -9.10. The van der Waals surface area contributed by atoms with E-state index in [-0.39, 0.29) is 71.4 Å². The van der Waals surface area contributed by atoms with Gasteiger partial charge in [0.05, 0.1) is 82.2 Å². The first-order valence-electron chi connectivity index (χ1n) is 39.7. The molecule has 122 heavy (non-hydrogen) atoms. The molecular formula is C79H101F3N18O19S3+2. The smallest absolute Gasteiger partial charge is 0.494 e. The zero-order valence-electron chi connectivity index (χ0n) is 67.8. The summed E-state index contributed by atoms with van der Waals surface area (Å²) in [6.07, 6.45) is -0.455. The van der Waals surface area contributed by atoms with Crippen molar-refractivity contribution in [3.8, 4) is 62.9 Å². The lowest BCUT2D eigenvalue weighted by Crippen LogP contribution is -2.58. The third-order valence-electron chi connectivity index (χ3n) is 21.6. The van der Waals surface area contributed by atoms with Gasteiger partial charge in [-0.3, -0.25) is 30.0 Å². The second-order valence-corrected chi connectivity index (χ2v) is 36.1. The number of nitrogens with zero attached hydrogens (tertiary/aromatic N) is 13. The molecule has 0 atom stereocenters. The number of carbonyl (C=O) groups is 3. The van der Waals surface area contributed by atoms with Crippen molar-refractivity contribution < 1.29 is 111 Å². The number of alkyl halides is 3. The molecule has 0 spiro atoms. The molecule has 0 bridgehead atoms. The first kappa shape index (κ1) is 92.0. The number of sulfone groups is 3. The number of methoxy groups -OCH3 is 2. The van der Waals surface area contributed by atoms with Crippen LogP contribution in [0.4, 0.5) is 13.2 Å². The van der Waals surface area contributed by atoms with Crippen molar-refractivity contribution in [2.45, 2.75) is 145 Å². The number of ether oxygens (including phenoxy) is 7. The van der Waals surface area contributed by atoms with Gasteiger partial charge in [0.2, 0.25) is 5.82 Å². The van der Waals surface area contributed by atoms with Crippen LogP contribution in [-0.2, 0) is 73.0 Å². The van der Waals surface area contributed by atoms with Gasteiger partial charge in [-0.2, -0.15) is 4.80 Å². The summed E-state index contributed by atoms with van der Waals surface area (Å²) in [5.41, 5.74) is 8.12. The average Bonchev–Trinajstić information content (AvgIpc) is 0.817. The number of amides is 3. The number of hydroxylamine groups is 3. The summed E-state index contributed by atoms with van der Waals surface area (Å²) in [6.45, 7) is 11.8. The lowest BCUT2D eigenvalue weighted by molar-refractivity contribution is -0.805. The molecule has 6 heterocycles. The number of tetrazole rings is 3. The SMILES string of the molecule is CCOc1ccc(-c2n[nH][n+](CCCOc3ccc(S(=O)(=O)C4(C(=O)NO)CCN(CCOC)CC4)cc3)n2)cc1.COCCN1CCC(C(=O)NO)(S(=O)(=O)c2ccc(OCCC[n+]3nc(-c4ccccc4C)n[nH]3)cc2)CC1.O=C(NO)C1(S(=O)(=O)c2ccc(OCCCn3nnc(-c4ccc(OC(F)(F)F)cc4)n3)cc2)CCN(C2CC2)CC1. The molecule has 0 radical (unpaired) electrons. The van der Waals surface area contributed by atoms with Gasteiger partial charge < -0.3 is 47.9 Å². The van der Waals surface area contributed by atoms with E-state index < -0.39 is 67.8 Å². The third kappa shape index (κ3) is 22.6. The topological polar surface area (TPSA) is 459 Å². The first-order chi connectivity index (χ1) is 58.6. The minimum Gasteiger partial charge on any atom is -0.494 e. The van der Waals surface area contributed by atoms with Gasteiger partial charge in [0, 0.05) is 97.4 Å². The Balaban J connectivity index is 0.000000179. The van der Waals surface area contributed by atoms with Gasteiger partial charge in [-0.25, -0.2) is 41.7 Å². The van der Waals surface area contributed by atoms with Crippen LogP contribution in [0.15, 0.2) is 160 Å². The van der Waals surface area contributed by atoms with Gasteiger partial charge in [0.25, 0.3) is 17.7 Å². The number of aromatic nitrogens is 12. The number of aromatic amines is 2. The number of likely N-dealkylation sites (tertiary alicyclic amines) is 3. The quantitative estimate of drug-likeness (QED) is 0.0101. The number of hydrogen-bond donors (Lipinski definition) is 8. The number of piperidine rings is 3. The maximum absolute atomic E-state index is 13.6. The fourth-order valence-corrected chi connectivity index (χ4v) is 20.4. The van der Waals surface area contributed by atoms with Crippen LogP contribution >= 0.6 is 0 Å². The van der Waals surface area contributed by atoms with Crippen molar-refractivity contribution in [3.05, 3.63) is 151 Å². The van der Waals surface area contributed by atoms with Gasteiger partial charge in [0.1, 0.15) is 41.8 Å². The Morgan fingerprint density at radius 1 is 0.500 bits per heavy atom. The summed E-state index contributed by atoms with van der Waals surface area (Å²) < 4.78 is 150. The zero-order valence-corrected chi connectivity index (χ0v) is 70.2. The van der Waals surface area contributed by atoms with Gasteiger partial charge >= 0.3 is 18.0 Å². The minimum absolute atomic E-state index is 0.00201. The highest BCUT2D eigenvalue weighted by Gasteiger charge is 2.56. The Kier molecular flexibility index (Phi) is 31.6. The third-order valence-corrected chi connectivity index (χ3v) is 29.2. The normalized spacial score (nSPS) is 16.2. The van der Waals surface area contributed by atoms with E-state index in [2.05, 4.69) is 55.9 Å². The van der Waals surface area contributed by atoms with Crippen molar-refractivity contribution in [1.29, 1.82) is 0 Å². The molecule has 8 N–H and O–H groups in total. The van der Waals surface area contributed by atoms with Gasteiger partial charge in [0.15, 0.2) is 43.8 Å². The lowest BCUT2D eigenvalue weighted by Gasteiger charge is -2.39. The Labute approximate surface area is 702 Å². The molecule has 43 heteroatoms. The Morgan fingerprint density at radius 3 is 1.30 bits per heavy atom. The highest BCUT2D eigenvalue weighted by Crippen LogP contribution is 2.42. The molecule has 3 amide bonds. The molecule has 4 aliphatic rings. The number of H-pyrrole nitrogens is 2. The van der Waals surface area contributed by atoms with E-state index in [0.29, 0.717) is 165 Å². The van der Waals surface area contributed by atoms with E-state index in [9.17, 15) is 68.4 Å². The first-order valence-corrected chi connectivity index (χ1v) is 44.1. The molecule has 4 fully saturated rings. The molecule has 37 nitrogen and oxygen atoms in total. The van der Waals surface area contributed by atoms with E-state index in [0.717, 1.165) is 47.4 Å². The largest absolute Gasteiger partial charge is 0.573 e. The Hall–Kier alpha value is -10.7. The maximum atomic E-state index is 13.6. The van der Waals surface area contributed by atoms with Gasteiger partial charge in [-0.05, 0) is 224 Å². The van der Waals surface area contributed by atoms with Crippen molar-refractivity contribution >= 4 is 47.2 Å². The fourth-order valence-electron chi connectivity index (χ4n) is 14.5. The summed E-state index contributed by atoms with van der Waals surface area (Å²) in [4.78, 5) is 48.8. The highest BCUT2D eigenvalue weighted by atomic mass is 32.2. The monoisotopic (exact) mass is 1760 g/mol. The maximum Gasteiger partial charge on any atom is 0.573 e. The van der Waals surface area contributed by atoms with Crippen molar-refractivity contribution in [2.75, 3.05) is 106 Å². The van der Waals surface area contributed by atoms with Crippen LogP contribution in [0, 0.1) is 6.92 Å². The number of hydrogen-bond acceptors (Lipinski definition) is 29. The molecule has 0 unspecified atom stereocenters. The minimum atomic E-state index is -4.78. The van der Waals surface area contributed by atoms with Crippen molar-refractivity contribution in [2.24, 2.45) is 0 Å². The molecule has 13 rings (SSSR count). The van der Waals surface area contributed by atoms with E-state index in [1.807, 2.05) is 72.2 Å². The van der Waals surface area contributed by atoms with Crippen LogP contribution in [0.2, 0.25) is 0 Å². The standard InChI is InChI=1S/C27H36N6O7S.C26H29F3N6O6S.C26H34N6O6S/c1-3-39-22-7-5-21(6-8-22)25-28-31-33(29-25)15-4-19-40-23-9-11-24(12-10-23)41(36,37)27(26(34)30-35)13-16-32(17-14-27)18-20-38-2;27-26(28,29)41-21-6-2-18(3-7-21)23-30-33-35(31-23)14-1-17-40-20-8-10-22(11-9-20)42(38,39)25(24(36)32-37)12-15-34(16-13-25)19-4-5-19;1-20-6-3-4-7-23(20)24-27-30-32(28-24)14-5-18-38-21-8-10-22(11-9-21)39(35,36)26(25(33)29-34)12-15-31(16-13-26)17-19-37-2/h5-12H,3-4,13-20H2,1-2H3,(H2,28,29,30,31,34,35);2-3,6-11,19,37H,1,4-5,12-17H2,(H,32,36);3-4,6-11H,5,12-19H2,1-2H3,(H2,27,28,29,30,33,34)/p+2. The van der Waals surface area contributed by atoms with Crippen LogP contribution in [0.25, 0.3) is 34.2 Å². The van der Waals surface area contributed by atoms with E-state index >= 15 is 0 Å². The number of halogens is 3. The number of aryl methyl sites for hydroxylation is 4. The second kappa shape index (κ2) is 41.9. The fraction of sp³-hybridized carbons (Fsp3) is 0.468. The average molecular weight is 1760 g/mol. The summed E-state index contributed by atoms with van der Waals surface area (Å²) in [5, 5.41) is 63.4. The molecule has 9 aromatic rings. The number of benzene rings is 6. The summed E-state index contributed by atoms with van der Waals surface area (Å²) in [5.74, 6) is 0.535. The van der Waals surface area contributed by atoms with E-state index in [1.54, 1.807) is 64.5 Å². The predicted octanol–water partition coefficient (Wildman–Crippen LogP) is 5.67. The van der Waals surface area contributed by atoms with Crippen LogP contribution in [0.3, 0.4) is 0 Å². The van der Waals surface area contributed by atoms with E-state index in [1.165, 1.54) is 65.5 Å². The van der Waals surface area contributed by atoms with Crippen molar-refractivity contribution in [1.82, 2.24) is 82.2 Å². The molecule has 3 aromatic heterocycles. The Morgan fingerprint density at radius 2 is 0.885 bits per heavy atom. The van der Waals surface area contributed by atoms with Crippen LogP contribution in [0.1, 0.15) is 83.1 Å². The highest BCUT2D eigenvalue weighted by molar-refractivity contribution is 7.94. The number of rotatable bonds is 37. The van der Waals surface area contributed by atoms with Crippen LogP contribution in [-0.4, -0.2) is 257 Å². The molecule has 3 aliphatic heterocycles. The predicted molar refractivity (Wildman–Crippen MR) is 428 cm³/mol. The van der Waals surface area contributed by atoms with Crippen molar-refractivity contribution in [3.63, 3.8) is 0 Å². The Bertz CT molecular complexity index is 5250. The molecular weight excluding hydrogens is 1660 g/mol. The van der Waals surface area contributed by atoms with Crippen LogP contribution < -0.4 is 49.7 Å². The zero-order chi connectivity index (χ0) is 87.1. The summed E-state index contributed by atoms with van der Waals surface area (Å²) in [6, 6.07) is 38.8. The van der Waals surface area contributed by atoms with Crippen LogP contribution in [0.5, 0.6) is 28.7 Å².